The van der Waals surface area contributed by atoms with Crippen LogP contribution in [0.2, 0.25) is 4.34 Å². The van der Waals surface area contributed by atoms with Gasteiger partial charge in [0.2, 0.25) is 0 Å². The van der Waals surface area contributed by atoms with Crippen molar-refractivity contribution in [1.82, 2.24) is 0 Å². The van der Waals surface area contributed by atoms with E-state index in [0.29, 0.717) is 12.2 Å². The third-order valence-electron chi connectivity index (χ3n) is 2.75. The van der Waals surface area contributed by atoms with Crippen LogP contribution < -0.4 is 10.6 Å². The zero-order valence-corrected chi connectivity index (χ0v) is 11.8. The fourth-order valence-electron chi connectivity index (χ4n) is 1.83. The van der Waals surface area contributed by atoms with Gasteiger partial charge in [0.05, 0.1) is 27.8 Å². The van der Waals surface area contributed by atoms with Gasteiger partial charge in [-0.1, -0.05) is 17.7 Å². The largest absolute Gasteiger partial charge is 0.478 e. The number of nitrogen functional groups attached to an aromatic ring is 1. The Morgan fingerprint density at radius 1 is 1.42 bits per heavy atom. The number of anilines is 2. The van der Waals surface area contributed by atoms with Gasteiger partial charge < -0.3 is 15.7 Å². The molecular weight excluding hydrogens is 284 g/mol. The second kappa shape index (κ2) is 5.50. The van der Waals surface area contributed by atoms with Crippen LogP contribution in [-0.4, -0.2) is 18.1 Å². The topological polar surface area (TPSA) is 66.6 Å². The Kier molecular flexibility index (Phi) is 3.97. The maximum atomic E-state index is 11.0. The molecule has 1 aromatic carbocycles. The maximum Gasteiger partial charge on any atom is 0.337 e. The second-order valence-electron chi connectivity index (χ2n) is 4.11. The van der Waals surface area contributed by atoms with E-state index in [1.165, 1.54) is 17.4 Å². The number of aromatic carboxylic acids is 1. The van der Waals surface area contributed by atoms with Crippen LogP contribution in [0.15, 0.2) is 30.3 Å². The highest BCUT2D eigenvalue weighted by Gasteiger charge is 2.14. The Morgan fingerprint density at radius 2 is 2.16 bits per heavy atom. The highest BCUT2D eigenvalue weighted by atomic mass is 35.5. The van der Waals surface area contributed by atoms with Crippen LogP contribution in [0.25, 0.3) is 0 Å². The molecule has 0 spiro atoms. The summed E-state index contributed by atoms with van der Waals surface area (Å²) in [5, 5.41) is 9.05. The molecule has 2 aromatic rings. The van der Waals surface area contributed by atoms with Gasteiger partial charge in [-0.15, -0.1) is 11.3 Å². The molecule has 0 saturated heterocycles. The number of halogens is 1. The van der Waals surface area contributed by atoms with Crippen LogP contribution in [0.1, 0.15) is 15.2 Å². The Morgan fingerprint density at radius 3 is 2.74 bits per heavy atom. The van der Waals surface area contributed by atoms with Crippen molar-refractivity contribution in [2.45, 2.75) is 6.54 Å². The molecule has 100 valence electrons. The van der Waals surface area contributed by atoms with Gasteiger partial charge in [-0.2, -0.15) is 0 Å². The summed E-state index contributed by atoms with van der Waals surface area (Å²) < 4.78 is 0.732. The van der Waals surface area contributed by atoms with Crippen LogP contribution in [0.5, 0.6) is 0 Å². The van der Waals surface area contributed by atoms with Crippen LogP contribution in [0.3, 0.4) is 0 Å². The van der Waals surface area contributed by atoms with Crippen molar-refractivity contribution in [3.05, 3.63) is 45.1 Å². The average Bonchev–Trinajstić information content (AvgIpc) is 2.74. The van der Waals surface area contributed by atoms with Crippen LogP contribution in [0, 0.1) is 0 Å². The smallest absolute Gasteiger partial charge is 0.337 e. The molecule has 0 unspecified atom stereocenters. The minimum absolute atomic E-state index is 0.119. The lowest BCUT2D eigenvalue weighted by molar-refractivity contribution is 0.0698. The summed E-state index contributed by atoms with van der Waals surface area (Å²) in [6.45, 7) is 0.630. The summed E-state index contributed by atoms with van der Waals surface area (Å²) in [5.74, 6) is -1.02. The van der Waals surface area contributed by atoms with Crippen molar-refractivity contribution in [2.75, 3.05) is 17.7 Å². The highest BCUT2D eigenvalue weighted by Crippen LogP contribution is 2.29. The zero-order chi connectivity index (χ0) is 14.0. The second-order valence-corrected chi connectivity index (χ2v) is 5.91. The molecule has 2 rings (SSSR count). The molecule has 1 heterocycles. The molecule has 6 heteroatoms. The van der Waals surface area contributed by atoms with E-state index in [-0.39, 0.29) is 11.3 Å². The van der Waals surface area contributed by atoms with E-state index in [1.54, 1.807) is 12.1 Å². The standard InChI is InChI=1S/C13H13ClN2O2S/c1-16(7-8-5-6-11(14)19-8)10-4-2-3-9(12(10)15)13(17)18/h2-6H,7,15H2,1H3,(H,17,18). The van der Waals surface area contributed by atoms with Crippen molar-refractivity contribution in [3.8, 4) is 0 Å². The number of nitrogens with two attached hydrogens (primary N) is 1. The SMILES string of the molecule is CN(Cc1ccc(Cl)s1)c1cccc(C(=O)O)c1N. The third-order valence-corrected chi connectivity index (χ3v) is 3.96. The van der Waals surface area contributed by atoms with Crippen molar-refractivity contribution in [1.29, 1.82) is 0 Å². The van der Waals surface area contributed by atoms with Gasteiger partial charge in [0, 0.05) is 11.9 Å². The fourth-order valence-corrected chi connectivity index (χ4v) is 2.97. The quantitative estimate of drug-likeness (QED) is 0.849. The molecule has 3 N–H and O–H groups in total. The van der Waals surface area contributed by atoms with E-state index >= 15 is 0 Å². The van der Waals surface area contributed by atoms with Gasteiger partial charge in [-0.05, 0) is 24.3 Å². The first-order valence-corrected chi connectivity index (χ1v) is 6.75. The normalized spacial score (nSPS) is 10.4. The number of hydrogen-bond donors (Lipinski definition) is 2. The summed E-state index contributed by atoms with van der Waals surface area (Å²) in [5.41, 5.74) is 6.99. The summed E-state index contributed by atoms with van der Waals surface area (Å²) in [6, 6.07) is 8.77. The van der Waals surface area contributed by atoms with Gasteiger partial charge in [0.15, 0.2) is 0 Å². The van der Waals surface area contributed by atoms with E-state index in [1.807, 2.05) is 24.1 Å². The van der Waals surface area contributed by atoms with E-state index in [0.717, 1.165) is 9.21 Å². The van der Waals surface area contributed by atoms with Crippen molar-refractivity contribution >= 4 is 40.3 Å². The first-order chi connectivity index (χ1) is 8.99. The van der Waals surface area contributed by atoms with E-state index < -0.39 is 5.97 Å². The molecule has 0 bridgehead atoms. The minimum atomic E-state index is -1.02. The van der Waals surface area contributed by atoms with Crippen molar-refractivity contribution in [2.24, 2.45) is 0 Å². The molecule has 0 amide bonds. The lowest BCUT2D eigenvalue weighted by atomic mass is 10.1. The average molecular weight is 297 g/mol. The van der Waals surface area contributed by atoms with Gasteiger partial charge in [-0.3, -0.25) is 0 Å². The molecule has 0 aliphatic rings. The summed E-state index contributed by atoms with van der Waals surface area (Å²) in [7, 11) is 1.87. The molecular formula is C13H13ClN2O2S. The molecule has 4 nitrogen and oxygen atoms in total. The first-order valence-electron chi connectivity index (χ1n) is 5.56. The molecule has 0 atom stereocenters. The number of benzene rings is 1. The Bertz CT molecular complexity index is 612. The number of carboxylic acids is 1. The van der Waals surface area contributed by atoms with E-state index in [2.05, 4.69) is 0 Å². The zero-order valence-electron chi connectivity index (χ0n) is 10.3. The fraction of sp³-hybridized carbons (Fsp3) is 0.154. The molecule has 19 heavy (non-hydrogen) atoms. The predicted molar refractivity (Wildman–Crippen MR) is 79.2 cm³/mol. The van der Waals surface area contributed by atoms with Gasteiger partial charge in [-0.25, -0.2) is 4.79 Å². The molecule has 0 aliphatic heterocycles. The Labute approximate surface area is 120 Å². The number of carboxylic acid groups (broad SMARTS) is 1. The highest BCUT2D eigenvalue weighted by molar-refractivity contribution is 7.16. The molecule has 0 radical (unpaired) electrons. The van der Waals surface area contributed by atoms with Crippen LogP contribution in [-0.2, 0) is 6.54 Å². The number of thiophene rings is 1. The Balaban J connectivity index is 2.26. The first kappa shape index (κ1) is 13.7. The predicted octanol–water partition coefficient (Wildman–Crippen LogP) is 3.32. The minimum Gasteiger partial charge on any atom is -0.478 e. The molecule has 0 fully saturated rings. The summed E-state index contributed by atoms with van der Waals surface area (Å²) >= 11 is 7.38. The summed E-state index contributed by atoms with van der Waals surface area (Å²) in [4.78, 5) is 14.0. The van der Waals surface area contributed by atoms with E-state index in [9.17, 15) is 4.79 Å². The lowest BCUT2D eigenvalue weighted by Gasteiger charge is -2.21. The molecule has 0 aliphatic carbocycles. The van der Waals surface area contributed by atoms with Crippen molar-refractivity contribution < 1.29 is 9.90 Å². The van der Waals surface area contributed by atoms with E-state index in [4.69, 9.17) is 22.4 Å². The number of hydrogen-bond acceptors (Lipinski definition) is 4. The monoisotopic (exact) mass is 296 g/mol. The lowest BCUT2D eigenvalue weighted by Crippen LogP contribution is -2.18. The van der Waals surface area contributed by atoms with Crippen LogP contribution in [0.4, 0.5) is 11.4 Å². The van der Waals surface area contributed by atoms with Crippen LogP contribution >= 0.6 is 22.9 Å². The van der Waals surface area contributed by atoms with Gasteiger partial charge >= 0.3 is 5.97 Å². The maximum absolute atomic E-state index is 11.0. The van der Waals surface area contributed by atoms with Gasteiger partial charge in [0.1, 0.15) is 0 Å². The number of carbonyl (C=O) groups is 1. The van der Waals surface area contributed by atoms with Crippen molar-refractivity contribution in [3.63, 3.8) is 0 Å². The molecule has 0 saturated carbocycles. The van der Waals surface area contributed by atoms with Gasteiger partial charge in [0.25, 0.3) is 0 Å². The molecule has 1 aromatic heterocycles. The number of nitrogens with zero attached hydrogens (tertiary/aromatic N) is 1. The third kappa shape index (κ3) is 3.00. The summed E-state index contributed by atoms with van der Waals surface area (Å²) in [6.07, 6.45) is 0. The Hall–Kier alpha value is -1.72. The number of rotatable bonds is 4. The number of para-hydroxylation sites is 1.